The van der Waals surface area contributed by atoms with E-state index in [1.165, 1.54) is 90.4 Å². The Labute approximate surface area is 190 Å². The Hall–Kier alpha value is -0.0800. The highest BCUT2D eigenvalue weighted by Crippen LogP contribution is 2.26. The molecule has 2 aliphatic heterocycles. The highest BCUT2D eigenvalue weighted by atomic mass is 127. The maximum absolute atomic E-state index is 4.86. The third-order valence-electron chi connectivity index (χ3n) is 6.81. The Kier molecular flexibility index (Phi) is 11.5. The second-order valence-corrected chi connectivity index (χ2v) is 8.91. The zero-order valence-corrected chi connectivity index (χ0v) is 20.6. The van der Waals surface area contributed by atoms with Crippen molar-refractivity contribution >= 4 is 29.9 Å². The van der Waals surface area contributed by atoms with Crippen LogP contribution in [0.2, 0.25) is 0 Å². The fourth-order valence-electron chi connectivity index (χ4n) is 5.13. The molecule has 2 N–H and O–H groups in total. The summed E-state index contributed by atoms with van der Waals surface area (Å²) in [6.45, 7) is 11.4. The first kappa shape index (κ1) is 24.2. The van der Waals surface area contributed by atoms with E-state index >= 15 is 0 Å². The fourth-order valence-corrected chi connectivity index (χ4v) is 5.13. The van der Waals surface area contributed by atoms with Crippen molar-refractivity contribution < 1.29 is 0 Å². The SMILES string of the molecule is CCNC(=NCCCCN1CCCCC1C)NC1CCN(C2CCCC2)C1.I. The van der Waals surface area contributed by atoms with Crippen LogP contribution in [0.3, 0.4) is 0 Å². The van der Waals surface area contributed by atoms with Crippen LogP contribution >= 0.6 is 24.0 Å². The third kappa shape index (κ3) is 7.63. The van der Waals surface area contributed by atoms with Crippen molar-refractivity contribution in [2.75, 3.05) is 39.3 Å². The number of nitrogens with one attached hydrogen (secondary N) is 2. The number of rotatable bonds is 8. The second kappa shape index (κ2) is 13.3. The molecule has 2 atom stereocenters. The van der Waals surface area contributed by atoms with Crippen molar-refractivity contribution in [2.24, 2.45) is 4.99 Å². The minimum atomic E-state index is 0. The van der Waals surface area contributed by atoms with Crippen molar-refractivity contribution in [3.63, 3.8) is 0 Å². The minimum absolute atomic E-state index is 0. The number of hydrogen-bond acceptors (Lipinski definition) is 3. The van der Waals surface area contributed by atoms with Gasteiger partial charge in [-0.05, 0) is 71.9 Å². The van der Waals surface area contributed by atoms with E-state index in [-0.39, 0.29) is 24.0 Å². The summed E-state index contributed by atoms with van der Waals surface area (Å²) >= 11 is 0. The zero-order chi connectivity index (χ0) is 18.9. The zero-order valence-electron chi connectivity index (χ0n) is 18.3. The van der Waals surface area contributed by atoms with Crippen molar-refractivity contribution in [3.8, 4) is 0 Å². The van der Waals surface area contributed by atoms with Gasteiger partial charge in [0.05, 0.1) is 0 Å². The lowest BCUT2D eigenvalue weighted by molar-refractivity contribution is 0.158. The van der Waals surface area contributed by atoms with Gasteiger partial charge in [-0.2, -0.15) is 0 Å². The molecule has 1 saturated carbocycles. The van der Waals surface area contributed by atoms with Gasteiger partial charge in [0.1, 0.15) is 0 Å². The summed E-state index contributed by atoms with van der Waals surface area (Å²) in [5.74, 6) is 1.03. The molecule has 2 heterocycles. The van der Waals surface area contributed by atoms with Gasteiger partial charge < -0.3 is 15.5 Å². The molecular weight excluding hydrogens is 461 g/mol. The van der Waals surface area contributed by atoms with E-state index in [2.05, 4.69) is 34.3 Å². The van der Waals surface area contributed by atoms with Crippen LogP contribution in [0.1, 0.15) is 78.1 Å². The Morgan fingerprint density at radius 3 is 2.54 bits per heavy atom. The number of aliphatic imine (C=N–C) groups is 1. The summed E-state index contributed by atoms with van der Waals surface area (Å²) in [5.41, 5.74) is 0. The molecule has 0 amide bonds. The van der Waals surface area contributed by atoms with Crippen molar-refractivity contribution in [2.45, 2.75) is 96.2 Å². The molecule has 3 rings (SSSR count). The van der Waals surface area contributed by atoms with Crippen LogP contribution in [0, 0.1) is 0 Å². The lowest BCUT2D eigenvalue weighted by Gasteiger charge is -2.33. The van der Waals surface area contributed by atoms with Gasteiger partial charge in [0.2, 0.25) is 0 Å². The molecule has 0 radical (unpaired) electrons. The number of piperidine rings is 1. The first-order chi connectivity index (χ1) is 13.3. The molecule has 3 fully saturated rings. The molecule has 0 spiro atoms. The van der Waals surface area contributed by atoms with Crippen LogP contribution in [0.25, 0.3) is 0 Å². The monoisotopic (exact) mass is 505 g/mol. The first-order valence-electron chi connectivity index (χ1n) is 11.8. The van der Waals surface area contributed by atoms with Gasteiger partial charge in [0.15, 0.2) is 5.96 Å². The summed E-state index contributed by atoms with van der Waals surface area (Å²) in [6.07, 6.45) is 13.6. The number of nitrogens with zero attached hydrogens (tertiary/aromatic N) is 3. The van der Waals surface area contributed by atoms with E-state index in [1.807, 2.05) is 0 Å². The van der Waals surface area contributed by atoms with Gasteiger partial charge in [-0.1, -0.05) is 19.3 Å². The van der Waals surface area contributed by atoms with Gasteiger partial charge in [0.25, 0.3) is 0 Å². The predicted molar refractivity (Wildman–Crippen MR) is 131 cm³/mol. The van der Waals surface area contributed by atoms with Gasteiger partial charge in [-0.15, -0.1) is 24.0 Å². The second-order valence-electron chi connectivity index (χ2n) is 8.91. The third-order valence-corrected chi connectivity index (χ3v) is 6.81. The summed E-state index contributed by atoms with van der Waals surface area (Å²) < 4.78 is 0. The van der Waals surface area contributed by atoms with E-state index in [0.717, 1.165) is 31.1 Å². The molecule has 164 valence electrons. The molecule has 2 unspecified atom stereocenters. The summed E-state index contributed by atoms with van der Waals surface area (Å²) in [4.78, 5) is 10.2. The lowest BCUT2D eigenvalue weighted by Crippen LogP contribution is -2.45. The normalized spacial score (nSPS) is 27.7. The number of likely N-dealkylation sites (tertiary alicyclic amines) is 2. The average Bonchev–Trinajstić information content (AvgIpc) is 3.34. The average molecular weight is 506 g/mol. The van der Waals surface area contributed by atoms with Crippen LogP contribution in [0.15, 0.2) is 4.99 Å². The quantitative estimate of drug-likeness (QED) is 0.228. The summed E-state index contributed by atoms with van der Waals surface area (Å²) in [5, 5.41) is 7.16. The van der Waals surface area contributed by atoms with Crippen molar-refractivity contribution in [1.29, 1.82) is 0 Å². The van der Waals surface area contributed by atoms with Gasteiger partial charge in [-0.25, -0.2) is 0 Å². The van der Waals surface area contributed by atoms with Crippen LogP contribution in [0.5, 0.6) is 0 Å². The summed E-state index contributed by atoms with van der Waals surface area (Å²) in [7, 11) is 0. The van der Waals surface area contributed by atoms with Crippen LogP contribution < -0.4 is 10.6 Å². The highest BCUT2D eigenvalue weighted by Gasteiger charge is 2.30. The topological polar surface area (TPSA) is 42.9 Å². The van der Waals surface area contributed by atoms with E-state index in [9.17, 15) is 0 Å². The first-order valence-corrected chi connectivity index (χ1v) is 11.8. The van der Waals surface area contributed by atoms with Crippen LogP contribution in [0.4, 0.5) is 0 Å². The molecule has 0 aromatic rings. The van der Waals surface area contributed by atoms with E-state index in [1.54, 1.807) is 0 Å². The Morgan fingerprint density at radius 2 is 1.79 bits per heavy atom. The Morgan fingerprint density at radius 1 is 1.00 bits per heavy atom. The maximum atomic E-state index is 4.86. The molecular formula is C22H44IN5. The molecule has 6 heteroatoms. The minimum Gasteiger partial charge on any atom is -0.357 e. The predicted octanol–water partition coefficient (Wildman–Crippen LogP) is 3.83. The van der Waals surface area contributed by atoms with E-state index < -0.39 is 0 Å². The molecule has 5 nitrogen and oxygen atoms in total. The van der Waals surface area contributed by atoms with Crippen molar-refractivity contribution in [3.05, 3.63) is 0 Å². The molecule has 3 aliphatic rings. The van der Waals surface area contributed by atoms with Gasteiger partial charge >= 0.3 is 0 Å². The number of hydrogen-bond donors (Lipinski definition) is 2. The molecule has 2 saturated heterocycles. The van der Waals surface area contributed by atoms with Gasteiger partial charge in [0, 0.05) is 44.3 Å². The molecule has 0 bridgehead atoms. The maximum Gasteiger partial charge on any atom is 0.191 e. The Bertz CT molecular complexity index is 452. The molecule has 28 heavy (non-hydrogen) atoms. The number of halogens is 1. The molecule has 0 aromatic heterocycles. The van der Waals surface area contributed by atoms with E-state index in [4.69, 9.17) is 4.99 Å². The van der Waals surface area contributed by atoms with Gasteiger partial charge in [-0.3, -0.25) is 9.89 Å². The number of guanidine groups is 1. The van der Waals surface area contributed by atoms with Crippen LogP contribution in [-0.2, 0) is 0 Å². The van der Waals surface area contributed by atoms with Crippen molar-refractivity contribution in [1.82, 2.24) is 20.4 Å². The van der Waals surface area contributed by atoms with Crippen LogP contribution in [-0.4, -0.2) is 73.2 Å². The number of unbranched alkanes of at least 4 members (excludes halogenated alkanes) is 1. The highest BCUT2D eigenvalue weighted by molar-refractivity contribution is 14.0. The standard InChI is InChI=1S/C22H43N5.HI/c1-3-23-22(24-14-7-9-16-26-15-8-6-10-19(26)2)25-20-13-17-27(18-20)21-11-4-5-12-21;/h19-21H,3-18H2,1-2H3,(H2,23,24,25);1H. The Balaban J connectivity index is 0.00000280. The molecule has 0 aromatic carbocycles. The lowest BCUT2D eigenvalue weighted by atomic mass is 10.0. The summed E-state index contributed by atoms with van der Waals surface area (Å²) in [6, 6.07) is 2.21. The largest absolute Gasteiger partial charge is 0.357 e. The fraction of sp³-hybridized carbons (Fsp3) is 0.955. The molecule has 1 aliphatic carbocycles. The smallest absolute Gasteiger partial charge is 0.191 e. The van der Waals surface area contributed by atoms with E-state index in [0.29, 0.717) is 6.04 Å².